The molecule has 1 fully saturated rings. The highest BCUT2D eigenvalue weighted by Gasteiger charge is 2.48. The van der Waals surface area contributed by atoms with Crippen molar-refractivity contribution >= 4 is 17.6 Å². The first-order valence-electron chi connectivity index (χ1n) is 7.35. The number of nitrogens with one attached hydrogen (secondary N) is 1. The van der Waals surface area contributed by atoms with Gasteiger partial charge in [-0.1, -0.05) is 12.1 Å². The van der Waals surface area contributed by atoms with Crippen molar-refractivity contribution < 1.29 is 18.9 Å². The van der Waals surface area contributed by atoms with E-state index in [1.165, 1.54) is 25.1 Å². The molecule has 1 aliphatic heterocycles. The number of imide groups is 1. The molecule has 0 bridgehead atoms. The molecule has 23 heavy (non-hydrogen) atoms. The van der Waals surface area contributed by atoms with Crippen molar-refractivity contribution in [1.82, 2.24) is 10.2 Å². The van der Waals surface area contributed by atoms with Crippen molar-refractivity contribution in [3.05, 3.63) is 39.9 Å². The average Bonchev–Trinajstić information content (AvgIpc) is 2.75. The van der Waals surface area contributed by atoms with E-state index >= 15 is 0 Å². The van der Waals surface area contributed by atoms with E-state index in [9.17, 15) is 24.1 Å². The van der Waals surface area contributed by atoms with Gasteiger partial charge >= 0.3 is 6.03 Å². The smallest absolute Gasteiger partial charge is 0.319 e. The van der Waals surface area contributed by atoms with E-state index in [0.29, 0.717) is 24.8 Å². The highest BCUT2D eigenvalue weighted by atomic mass is 19.1. The summed E-state index contributed by atoms with van der Waals surface area (Å²) in [6.45, 7) is 1.30. The SMILES string of the molecule is C[C@]1(c2cccc([N+](=O)[O-])c2)NC(=O)N(CCCCCF)C1=O. The molecule has 1 N–H and O–H groups in total. The Morgan fingerprint density at radius 1 is 1.30 bits per heavy atom. The van der Waals surface area contributed by atoms with Crippen LogP contribution in [0.15, 0.2) is 24.3 Å². The maximum Gasteiger partial charge on any atom is 0.325 e. The third kappa shape index (κ3) is 3.30. The van der Waals surface area contributed by atoms with Gasteiger partial charge in [-0.05, 0) is 31.7 Å². The zero-order chi connectivity index (χ0) is 17.0. The van der Waals surface area contributed by atoms with Gasteiger partial charge in [-0.2, -0.15) is 0 Å². The van der Waals surface area contributed by atoms with E-state index < -0.39 is 29.1 Å². The standard InChI is InChI=1S/C15H18FN3O4/c1-15(11-6-5-7-12(10-11)19(22)23)13(20)18(14(21)17-15)9-4-2-3-8-16/h5-7,10H,2-4,8-9H2,1H3,(H,17,21)/t15-/m1/s1. The second kappa shape index (κ2) is 6.72. The van der Waals surface area contributed by atoms with Gasteiger partial charge in [0.15, 0.2) is 0 Å². The van der Waals surface area contributed by atoms with Crippen LogP contribution in [0.25, 0.3) is 0 Å². The van der Waals surface area contributed by atoms with Crippen LogP contribution in [0, 0.1) is 10.1 Å². The molecule has 0 spiro atoms. The Hall–Kier alpha value is -2.51. The zero-order valence-electron chi connectivity index (χ0n) is 12.8. The minimum atomic E-state index is -1.33. The van der Waals surface area contributed by atoms with Gasteiger partial charge in [-0.25, -0.2) is 4.79 Å². The van der Waals surface area contributed by atoms with E-state index in [0.717, 1.165) is 4.90 Å². The fraction of sp³-hybridized carbons (Fsp3) is 0.467. The fourth-order valence-corrected chi connectivity index (χ4v) is 2.57. The molecular weight excluding hydrogens is 305 g/mol. The molecule has 3 amide bonds. The third-order valence-corrected chi connectivity index (χ3v) is 3.92. The number of carbonyl (C=O) groups is 2. The number of hydrogen-bond acceptors (Lipinski definition) is 4. The normalized spacial score (nSPS) is 20.7. The topological polar surface area (TPSA) is 92.6 Å². The number of rotatable bonds is 7. The Bertz CT molecular complexity index is 637. The molecule has 0 aliphatic carbocycles. The van der Waals surface area contributed by atoms with Gasteiger partial charge in [0.2, 0.25) is 0 Å². The van der Waals surface area contributed by atoms with E-state index in [2.05, 4.69) is 5.32 Å². The lowest BCUT2D eigenvalue weighted by atomic mass is 9.91. The first-order valence-corrected chi connectivity index (χ1v) is 7.35. The predicted molar refractivity (Wildman–Crippen MR) is 80.5 cm³/mol. The number of halogens is 1. The summed E-state index contributed by atoms with van der Waals surface area (Å²) in [5, 5.41) is 13.5. The van der Waals surface area contributed by atoms with Crippen LogP contribution >= 0.6 is 0 Å². The number of hydrogen-bond donors (Lipinski definition) is 1. The molecule has 1 atom stereocenters. The number of nitrogens with zero attached hydrogens (tertiary/aromatic N) is 2. The highest BCUT2D eigenvalue weighted by molar-refractivity contribution is 6.07. The van der Waals surface area contributed by atoms with Gasteiger partial charge in [-0.15, -0.1) is 0 Å². The summed E-state index contributed by atoms with van der Waals surface area (Å²) in [5.74, 6) is -0.455. The summed E-state index contributed by atoms with van der Waals surface area (Å²) in [6, 6.07) is 5.11. The van der Waals surface area contributed by atoms with Crippen LogP contribution in [-0.2, 0) is 10.3 Å². The van der Waals surface area contributed by atoms with Gasteiger partial charge in [0, 0.05) is 18.7 Å². The third-order valence-electron chi connectivity index (χ3n) is 3.92. The van der Waals surface area contributed by atoms with E-state index in [1.807, 2.05) is 0 Å². The largest absolute Gasteiger partial charge is 0.325 e. The molecule has 0 radical (unpaired) electrons. The average molecular weight is 323 g/mol. The molecule has 0 aromatic heterocycles. The minimum absolute atomic E-state index is 0.146. The van der Waals surface area contributed by atoms with Gasteiger partial charge in [-0.3, -0.25) is 24.2 Å². The fourth-order valence-electron chi connectivity index (χ4n) is 2.57. The number of amides is 3. The van der Waals surface area contributed by atoms with Crippen molar-refractivity contribution in [2.24, 2.45) is 0 Å². The van der Waals surface area contributed by atoms with Crippen LogP contribution in [0.3, 0.4) is 0 Å². The Morgan fingerprint density at radius 3 is 2.70 bits per heavy atom. The lowest BCUT2D eigenvalue weighted by Crippen LogP contribution is -2.41. The Morgan fingerprint density at radius 2 is 2.04 bits per heavy atom. The molecule has 1 saturated heterocycles. The Kier molecular flexibility index (Phi) is 4.92. The number of non-ortho nitro benzene ring substituents is 1. The van der Waals surface area contributed by atoms with Crippen LogP contribution in [0.2, 0.25) is 0 Å². The first kappa shape index (κ1) is 16.9. The zero-order valence-corrected chi connectivity index (χ0v) is 12.8. The molecular formula is C15H18FN3O4. The minimum Gasteiger partial charge on any atom is -0.319 e. The van der Waals surface area contributed by atoms with Gasteiger partial charge in [0.1, 0.15) is 5.54 Å². The molecule has 8 heteroatoms. The molecule has 1 aromatic rings. The second-order valence-corrected chi connectivity index (χ2v) is 5.57. The van der Waals surface area contributed by atoms with Gasteiger partial charge in [0.25, 0.3) is 11.6 Å². The molecule has 1 aliphatic rings. The maximum absolute atomic E-state index is 12.6. The number of unbranched alkanes of at least 4 members (excludes halogenated alkanes) is 2. The highest BCUT2D eigenvalue weighted by Crippen LogP contribution is 2.31. The number of benzene rings is 1. The summed E-state index contributed by atoms with van der Waals surface area (Å²) >= 11 is 0. The van der Waals surface area contributed by atoms with E-state index in [-0.39, 0.29) is 12.2 Å². The quantitative estimate of drug-likeness (QED) is 0.361. The van der Waals surface area contributed by atoms with Gasteiger partial charge in [0.05, 0.1) is 11.6 Å². The van der Waals surface area contributed by atoms with Crippen molar-refractivity contribution in [2.45, 2.75) is 31.7 Å². The lowest BCUT2D eigenvalue weighted by Gasteiger charge is -2.22. The molecule has 2 rings (SSSR count). The summed E-state index contributed by atoms with van der Waals surface area (Å²) in [7, 11) is 0. The van der Waals surface area contributed by atoms with E-state index in [1.54, 1.807) is 6.07 Å². The van der Waals surface area contributed by atoms with Crippen LogP contribution in [0.1, 0.15) is 31.7 Å². The summed E-state index contributed by atoms with van der Waals surface area (Å²) in [6.07, 6.45) is 1.50. The summed E-state index contributed by atoms with van der Waals surface area (Å²) < 4.78 is 12.1. The number of carbonyl (C=O) groups excluding carboxylic acids is 2. The molecule has 0 unspecified atom stereocenters. The Balaban J connectivity index is 2.19. The molecule has 124 valence electrons. The van der Waals surface area contributed by atoms with Crippen molar-refractivity contribution in [3.8, 4) is 0 Å². The Labute approximate surface area is 132 Å². The molecule has 0 saturated carbocycles. The maximum atomic E-state index is 12.6. The summed E-state index contributed by atoms with van der Waals surface area (Å²) in [4.78, 5) is 36.0. The van der Waals surface area contributed by atoms with Crippen molar-refractivity contribution in [1.29, 1.82) is 0 Å². The number of urea groups is 1. The van der Waals surface area contributed by atoms with Crippen LogP contribution < -0.4 is 5.32 Å². The summed E-state index contributed by atoms with van der Waals surface area (Å²) in [5.41, 5.74) is -1.12. The molecule has 1 heterocycles. The monoisotopic (exact) mass is 323 g/mol. The van der Waals surface area contributed by atoms with Crippen molar-refractivity contribution in [3.63, 3.8) is 0 Å². The van der Waals surface area contributed by atoms with E-state index in [4.69, 9.17) is 0 Å². The van der Waals surface area contributed by atoms with Gasteiger partial charge < -0.3 is 5.32 Å². The van der Waals surface area contributed by atoms with Crippen LogP contribution in [-0.4, -0.2) is 35.0 Å². The lowest BCUT2D eigenvalue weighted by molar-refractivity contribution is -0.385. The van der Waals surface area contributed by atoms with Crippen LogP contribution in [0.4, 0.5) is 14.9 Å². The number of nitro groups is 1. The first-order chi connectivity index (χ1) is 10.9. The van der Waals surface area contributed by atoms with Crippen molar-refractivity contribution in [2.75, 3.05) is 13.2 Å². The predicted octanol–water partition coefficient (Wildman–Crippen LogP) is 2.50. The number of nitro benzene ring substituents is 1. The second-order valence-electron chi connectivity index (χ2n) is 5.57. The number of alkyl halides is 1. The molecule has 7 nitrogen and oxygen atoms in total. The molecule has 1 aromatic carbocycles. The van der Waals surface area contributed by atoms with Crippen LogP contribution in [0.5, 0.6) is 0 Å².